The summed E-state index contributed by atoms with van der Waals surface area (Å²) in [5.41, 5.74) is 1.71. The standard InChI is InChI=1S/C15H16F2N2O2S/c1-10-19-12(9-22-10)8-14(20)18-7-6-11-2-4-13(5-3-11)21-15(16)17/h2-5,9,15H,6-8H2,1H3,(H,18,20). The average Bonchev–Trinajstić information content (AvgIpc) is 2.85. The minimum atomic E-state index is -2.82. The number of nitrogens with zero attached hydrogens (tertiary/aromatic N) is 1. The van der Waals surface area contributed by atoms with Gasteiger partial charge in [-0.05, 0) is 31.0 Å². The summed E-state index contributed by atoms with van der Waals surface area (Å²) >= 11 is 1.52. The van der Waals surface area contributed by atoms with E-state index in [4.69, 9.17) is 0 Å². The van der Waals surface area contributed by atoms with E-state index in [2.05, 4.69) is 15.0 Å². The molecule has 0 aliphatic heterocycles. The van der Waals surface area contributed by atoms with Crippen molar-refractivity contribution in [2.75, 3.05) is 6.54 Å². The Hall–Kier alpha value is -2.02. The number of rotatable bonds is 7. The van der Waals surface area contributed by atoms with Crippen LogP contribution in [0.5, 0.6) is 5.75 Å². The molecule has 0 aliphatic carbocycles. The van der Waals surface area contributed by atoms with Gasteiger partial charge in [-0.2, -0.15) is 8.78 Å². The Kier molecular flexibility index (Phi) is 5.83. The molecule has 1 N–H and O–H groups in total. The summed E-state index contributed by atoms with van der Waals surface area (Å²) in [6.07, 6.45) is 0.891. The number of ether oxygens (including phenoxy) is 1. The van der Waals surface area contributed by atoms with Gasteiger partial charge in [0, 0.05) is 11.9 Å². The van der Waals surface area contributed by atoms with Gasteiger partial charge in [-0.3, -0.25) is 4.79 Å². The van der Waals surface area contributed by atoms with Crippen LogP contribution in [0, 0.1) is 6.92 Å². The van der Waals surface area contributed by atoms with E-state index < -0.39 is 6.61 Å². The molecule has 0 radical (unpaired) electrons. The summed E-state index contributed by atoms with van der Waals surface area (Å²) in [5, 5.41) is 5.62. The zero-order valence-electron chi connectivity index (χ0n) is 12.0. The number of aromatic nitrogens is 1. The quantitative estimate of drug-likeness (QED) is 0.851. The van der Waals surface area contributed by atoms with Crippen LogP contribution in [0.3, 0.4) is 0 Å². The fraction of sp³-hybridized carbons (Fsp3) is 0.333. The molecule has 1 aromatic heterocycles. The highest BCUT2D eigenvalue weighted by atomic mass is 32.1. The second-order valence-electron chi connectivity index (χ2n) is 4.66. The highest BCUT2D eigenvalue weighted by Crippen LogP contribution is 2.15. The van der Waals surface area contributed by atoms with Gasteiger partial charge in [0.25, 0.3) is 0 Å². The molecular weight excluding hydrogens is 310 g/mol. The van der Waals surface area contributed by atoms with Gasteiger partial charge in [-0.1, -0.05) is 12.1 Å². The summed E-state index contributed by atoms with van der Waals surface area (Å²) < 4.78 is 28.3. The van der Waals surface area contributed by atoms with Crippen molar-refractivity contribution in [1.29, 1.82) is 0 Å². The van der Waals surface area contributed by atoms with Crippen molar-refractivity contribution >= 4 is 17.2 Å². The van der Waals surface area contributed by atoms with Crippen molar-refractivity contribution in [3.63, 3.8) is 0 Å². The van der Waals surface area contributed by atoms with E-state index in [1.807, 2.05) is 12.3 Å². The first-order valence-corrected chi connectivity index (χ1v) is 7.62. The summed E-state index contributed by atoms with van der Waals surface area (Å²) in [6.45, 7) is -0.440. The maximum atomic E-state index is 12.0. The Morgan fingerprint density at radius 2 is 2.09 bits per heavy atom. The van der Waals surface area contributed by atoms with E-state index in [9.17, 15) is 13.6 Å². The molecule has 7 heteroatoms. The maximum absolute atomic E-state index is 12.0. The molecule has 0 fully saturated rings. The Bertz CT molecular complexity index is 614. The van der Waals surface area contributed by atoms with E-state index in [-0.39, 0.29) is 18.1 Å². The van der Waals surface area contributed by atoms with E-state index in [1.165, 1.54) is 23.5 Å². The number of nitrogens with one attached hydrogen (secondary N) is 1. The fourth-order valence-corrected chi connectivity index (χ4v) is 2.51. The number of carbonyl (C=O) groups is 1. The molecule has 0 bridgehead atoms. The smallest absolute Gasteiger partial charge is 0.387 e. The molecule has 2 aromatic rings. The third kappa shape index (κ3) is 5.40. The van der Waals surface area contributed by atoms with Crippen molar-refractivity contribution in [3.8, 4) is 5.75 Å². The van der Waals surface area contributed by atoms with Gasteiger partial charge in [0.1, 0.15) is 5.75 Å². The summed E-state index contributed by atoms with van der Waals surface area (Å²) in [4.78, 5) is 16.0. The summed E-state index contributed by atoms with van der Waals surface area (Å²) in [5.74, 6) is 0.0460. The number of hydrogen-bond acceptors (Lipinski definition) is 4. The summed E-state index contributed by atoms with van der Waals surface area (Å²) in [6, 6.07) is 6.38. The average molecular weight is 326 g/mol. The molecule has 2 rings (SSSR count). The van der Waals surface area contributed by atoms with Crippen LogP contribution in [-0.4, -0.2) is 24.0 Å². The van der Waals surface area contributed by atoms with Crippen LogP contribution in [0.15, 0.2) is 29.6 Å². The van der Waals surface area contributed by atoms with Gasteiger partial charge in [0.15, 0.2) is 0 Å². The van der Waals surface area contributed by atoms with E-state index in [0.29, 0.717) is 13.0 Å². The number of thiazole rings is 1. The van der Waals surface area contributed by atoms with Gasteiger partial charge >= 0.3 is 6.61 Å². The first-order chi connectivity index (χ1) is 10.5. The van der Waals surface area contributed by atoms with Crippen molar-refractivity contribution < 1.29 is 18.3 Å². The van der Waals surface area contributed by atoms with Crippen LogP contribution in [0.2, 0.25) is 0 Å². The molecule has 1 heterocycles. The topological polar surface area (TPSA) is 51.2 Å². The Morgan fingerprint density at radius 3 is 2.68 bits per heavy atom. The number of aryl methyl sites for hydroxylation is 1. The minimum absolute atomic E-state index is 0.0806. The van der Waals surface area contributed by atoms with E-state index in [1.54, 1.807) is 12.1 Å². The van der Waals surface area contributed by atoms with Gasteiger partial charge in [-0.15, -0.1) is 11.3 Å². The van der Waals surface area contributed by atoms with E-state index in [0.717, 1.165) is 16.3 Å². The molecule has 0 unspecified atom stereocenters. The lowest BCUT2D eigenvalue weighted by molar-refractivity contribution is -0.120. The molecule has 1 aromatic carbocycles. The first-order valence-electron chi connectivity index (χ1n) is 6.74. The van der Waals surface area contributed by atoms with Crippen molar-refractivity contribution in [1.82, 2.24) is 10.3 Å². The highest BCUT2D eigenvalue weighted by Gasteiger charge is 2.06. The van der Waals surface area contributed by atoms with Gasteiger partial charge < -0.3 is 10.1 Å². The Balaban J connectivity index is 1.72. The van der Waals surface area contributed by atoms with Crippen LogP contribution >= 0.6 is 11.3 Å². The van der Waals surface area contributed by atoms with Crippen LogP contribution < -0.4 is 10.1 Å². The third-order valence-corrected chi connectivity index (χ3v) is 3.71. The zero-order valence-corrected chi connectivity index (χ0v) is 12.8. The van der Waals surface area contributed by atoms with Gasteiger partial charge in [0.05, 0.1) is 17.1 Å². The highest BCUT2D eigenvalue weighted by molar-refractivity contribution is 7.09. The van der Waals surface area contributed by atoms with Gasteiger partial charge in [0.2, 0.25) is 5.91 Å². The third-order valence-electron chi connectivity index (χ3n) is 2.89. The predicted molar refractivity (Wildman–Crippen MR) is 80.3 cm³/mol. The molecule has 118 valence electrons. The number of halogens is 2. The molecule has 0 spiro atoms. The number of hydrogen-bond donors (Lipinski definition) is 1. The zero-order chi connectivity index (χ0) is 15.9. The van der Waals surface area contributed by atoms with Gasteiger partial charge in [-0.25, -0.2) is 4.98 Å². The lowest BCUT2D eigenvalue weighted by atomic mass is 10.1. The van der Waals surface area contributed by atoms with Crippen LogP contribution in [0.1, 0.15) is 16.3 Å². The molecular formula is C15H16F2N2O2S. The number of carbonyl (C=O) groups excluding carboxylic acids is 1. The molecule has 1 amide bonds. The molecule has 0 saturated carbocycles. The van der Waals surface area contributed by atoms with Crippen LogP contribution in [0.4, 0.5) is 8.78 Å². The molecule has 4 nitrogen and oxygen atoms in total. The molecule has 0 aliphatic rings. The Labute approximate surface area is 131 Å². The first kappa shape index (κ1) is 16.4. The van der Waals surface area contributed by atoms with Crippen LogP contribution in [0.25, 0.3) is 0 Å². The second kappa shape index (κ2) is 7.84. The van der Waals surface area contributed by atoms with Crippen molar-refractivity contribution in [2.24, 2.45) is 0 Å². The normalized spacial score (nSPS) is 10.7. The van der Waals surface area contributed by atoms with Crippen LogP contribution in [-0.2, 0) is 17.6 Å². The summed E-state index contributed by atoms with van der Waals surface area (Å²) in [7, 11) is 0. The monoisotopic (exact) mass is 326 g/mol. The van der Waals surface area contributed by atoms with Crippen molar-refractivity contribution in [3.05, 3.63) is 45.9 Å². The molecule has 22 heavy (non-hydrogen) atoms. The van der Waals surface area contributed by atoms with E-state index >= 15 is 0 Å². The second-order valence-corrected chi connectivity index (χ2v) is 5.72. The lowest BCUT2D eigenvalue weighted by Crippen LogP contribution is -2.27. The maximum Gasteiger partial charge on any atom is 0.387 e. The SMILES string of the molecule is Cc1nc(CC(=O)NCCc2ccc(OC(F)F)cc2)cs1. The Morgan fingerprint density at radius 1 is 1.36 bits per heavy atom. The number of amides is 1. The lowest BCUT2D eigenvalue weighted by Gasteiger charge is -2.07. The number of alkyl halides is 2. The molecule has 0 saturated heterocycles. The number of benzene rings is 1. The predicted octanol–water partition coefficient (Wildman–Crippen LogP) is 2.95. The fourth-order valence-electron chi connectivity index (χ4n) is 1.90. The minimum Gasteiger partial charge on any atom is -0.435 e. The molecule has 0 atom stereocenters. The largest absolute Gasteiger partial charge is 0.435 e. The van der Waals surface area contributed by atoms with Crippen molar-refractivity contribution in [2.45, 2.75) is 26.4 Å².